The summed E-state index contributed by atoms with van der Waals surface area (Å²) >= 11 is 7.24. The number of esters is 1. The molecule has 2 N–H and O–H groups in total. The number of benzene rings is 2. The number of aromatic nitrogens is 1. The quantitative estimate of drug-likeness (QED) is 0.336. The summed E-state index contributed by atoms with van der Waals surface area (Å²) in [6, 6.07) is 11.3. The predicted octanol–water partition coefficient (Wildman–Crippen LogP) is 4.24. The molecule has 10 nitrogen and oxygen atoms in total. The number of imide groups is 1. The minimum absolute atomic E-state index is 0.0963. The maximum atomic E-state index is 13.1. The highest BCUT2D eigenvalue weighted by molar-refractivity contribution is 7.17. The highest BCUT2D eigenvalue weighted by atomic mass is 35.5. The molecule has 1 aromatic heterocycles. The van der Waals surface area contributed by atoms with Crippen LogP contribution < -0.4 is 20.3 Å². The summed E-state index contributed by atoms with van der Waals surface area (Å²) in [6.45, 7) is 3.47. The minimum atomic E-state index is -0.681. The van der Waals surface area contributed by atoms with Crippen molar-refractivity contribution in [1.29, 1.82) is 0 Å². The number of aryl methyl sites for hydroxylation is 2. The number of nitrogens with one attached hydrogen (secondary N) is 2. The molecule has 190 valence electrons. The van der Waals surface area contributed by atoms with Crippen LogP contribution in [-0.4, -0.2) is 42.9 Å². The van der Waals surface area contributed by atoms with E-state index in [1.165, 1.54) is 26.4 Å². The second kappa shape index (κ2) is 10.4. The van der Waals surface area contributed by atoms with Gasteiger partial charge in [-0.1, -0.05) is 29.0 Å². The van der Waals surface area contributed by atoms with E-state index in [2.05, 4.69) is 15.6 Å². The number of rotatable bonds is 7. The van der Waals surface area contributed by atoms with Crippen LogP contribution in [0.1, 0.15) is 31.3 Å². The van der Waals surface area contributed by atoms with Gasteiger partial charge in [0.15, 0.2) is 5.13 Å². The molecule has 37 heavy (non-hydrogen) atoms. The van der Waals surface area contributed by atoms with Crippen molar-refractivity contribution in [2.75, 3.05) is 29.8 Å². The van der Waals surface area contributed by atoms with Crippen LogP contribution in [0.15, 0.2) is 53.2 Å². The van der Waals surface area contributed by atoms with Gasteiger partial charge in [0.2, 0.25) is 0 Å². The van der Waals surface area contributed by atoms with Crippen molar-refractivity contribution in [3.8, 4) is 5.75 Å². The van der Waals surface area contributed by atoms with Gasteiger partial charge in [-0.2, -0.15) is 0 Å². The Morgan fingerprint density at radius 3 is 2.38 bits per heavy atom. The van der Waals surface area contributed by atoms with E-state index in [4.69, 9.17) is 21.1 Å². The number of thiazole rings is 1. The number of hydrogen-bond acceptors (Lipinski definition) is 9. The van der Waals surface area contributed by atoms with Crippen LogP contribution in [0.25, 0.3) is 0 Å². The van der Waals surface area contributed by atoms with Gasteiger partial charge in [-0.25, -0.2) is 14.7 Å². The summed E-state index contributed by atoms with van der Waals surface area (Å²) in [4.78, 5) is 55.8. The van der Waals surface area contributed by atoms with Crippen molar-refractivity contribution in [2.24, 2.45) is 0 Å². The van der Waals surface area contributed by atoms with Crippen LogP contribution in [0.5, 0.6) is 5.75 Å². The van der Waals surface area contributed by atoms with E-state index in [1.807, 2.05) is 6.92 Å². The Morgan fingerprint density at radius 2 is 1.73 bits per heavy atom. The Labute approximate surface area is 220 Å². The fraction of sp³-hybridized carbons (Fsp3) is 0.160. The molecule has 0 aliphatic carbocycles. The molecule has 0 saturated carbocycles. The second-order valence-electron chi connectivity index (χ2n) is 7.89. The summed E-state index contributed by atoms with van der Waals surface area (Å²) in [6.07, 6.45) is 0. The highest BCUT2D eigenvalue weighted by Gasteiger charge is 2.40. The molecule has 0 bridgehead atoms. The lowest BCUT2D eigenvalue weighted by atomic mass is 10.2. The predicted molar refractivity (Wildman–Crippen MR) is 139 cm³/mol. The summed E-state index contributed by atoms with van der Waals surface area (Å²) in [5.41, 5.74) is 2.20. The van der Waals surface area contributed by atoms with Gasteiger partial charge < -0.3 is 14.8 Å². The van der Waals surface area contributed by atoms with Gasteiger partial charge in [0.1, 0.15) is 21.4 Å². The third-order valence-electron chi connectivity index (χ3n) is 5.41. The number of carbonyl (C=O) groups excluding carboxylic acids is 4. The lowest BCUT2D eigenvalue weighted by molar-refractivity contribution is -0.120. The minimum Gasteiger partial charge on any atom is -0.495 e. The number of amides is 3. The molecule has 0 fully saturated rings. The van der Waals surface area contributed by atoms with E-state index >= 15 is 0 Å². The first-order valence-corrected chi connectivity index (χ1v) is 12.0. The van der Waals surface area contributed by atoms with Crippen molar-refractivity contribution >= 4 is 63.1 Å². The van der Waals surface area contributed by atoms with Crippen molar-refractivity contribution in [1.82, 2.24) is 4.98 Å². The Hall–Kier alpha value is -4.22. The van der Waals surface area contributed by atoms with Crippen LogP contribution in [0.2, 0.25) is 0 Å². The van der Waals surface area contributed by atoms with Crippen LogP contribution in [-0.2, 0) is 14.3 Å². The molecule has 12 heteroatoms. The maximum Gasteiger partial charge on any atom is 0.350 e. The fourth-order valence-electron chi connectivity index (χ4n) is 3.56. The van der Waals surface area contributed by atoms with Gasteiger partial charge in [-0.15, -0.1) is 0 Å². The largest absolute Gasteiger partial charge is 0.495 e. The zero-order chi connectivity index (χ0) is 26.9. The molecule has 0 unspecified atom stereocenters. The molecule has 3 amide bonds. The van der Waals surface area contributed by atoms with Crippen molar-refractivity contribution in [3.63, 3.8) is 0 Å². The van der Waals surface area contributed by atoms with E-state index in [0.717, 1.165) is 21.8 Å². The average Bonchev–Trinajstić information content (AvgIpc) is 3.35. The number of nitrogens with zero attached hydrogens (tertiary/aromatic N) is 2. The molecule has 0 saturated heterocycles. The molecule has 1 aliphatic rings. The van der Waals surface area contributed by atoms with E-state index in [-0.39, 0.29) is 21.5 Å². The molecular weight excluding hydrogens is 520 g/mol. The zero-order valence-corrected chi connectivity index (χ0v) is 21.7. The standard InChI is InChI=1S/C25H21ClN4O6S/c1-12-5-10-17(35-3)16(11-12)30-22(32)18(26)19(23(30)33)28-15-8-6-14(7-9-15)21(31)29-25-27-13(2)20(37-25)24(34)36-4/h5-11,28H,1-4H3,(H,27,29,31). The van der Waals surface area contributed by atoms with E-state index in [9.17, 15) is 19.2 Å². The number of anilines is 3. The van der Waals surface area contributed by atoms with Crippen LogP contribution in [0.4, 0.5) is 16.5 Å². The summed E-state index contributed by atoms with van der Waals surface area (Å²) < 4.78 is 10.0. The topological polar surface area (TPSA) is 127 Å². The normalized spacial score (nSPS) is 13.2. The number of carbonyl (C=O) groups is 4. The van der Waals surface area contributed by atoms with Gasteiger partial charge in [-0.05, 0) is 55.8 Å². The SMILES string of the molecule is COC(=O)c1sc(NC(=O)c2ccc(NC3=C(Cl)C(=O)N(c4cc(C)ccc4OC)C3=O)cc2)nc1C. The number of halogens is 1. The average molecular weight is 541 g/mol. The first-order chi connectivity index (χ1) is 17.6. The van der Waals surface area contributed by atoms with Crippen molar-refractivity contribution in [2.45, 2.75) is 13.8 Å². The molecule has 3 aromatic rings. The third-order valence-corrected chi connectivity index (χ3v) is 6.81. The van der Waals surface area contributed by atoms with Gasteiger partial charge >= 0.3 is 5.97 Å². The molecule has 0 radical (unpaired) electrons. The van der Waals surface area contributed by atoms with Crippen LogP contribution in [0, 0.1) is 13.8 Å². The first-order valence-electron chi connectivity index (χ1n) is 10.8. The van der Waals surface area contributed by atoms with Gasteiger partial charge in [0, 0.05) is 11.3 Å². The fourth-order valence-corrected chi connectivity index (χ4v) is 4.65. The van der Waals surface area contributed by atoms with Crippen LogP contribution >= 0.6 is 22.9 Å². The molecule has 0 atom stereocenters. The monoisotopic (exact) mass is 540 g/mol. The van der Waals surface area contributed by atoms with Crippen LogP contribution in [0.3, 0.4) is 0 Å². The summed E-state index contributed by atoms with van der Waals surface area (Å²) in [5, 5.41) is 5.50. The highest BCUT2D eigenvalue weighted by Crippen LogP contribution is 2.36. The summed E-state index contributed by atoms with van der Waals surface area (Å²) in [7, 11) is 2.71. The Morgan fingerprint density at radius 1 is 1.03 bits per heavy atom. The lowest BCUT2D eigenvalue weighted by Crippen LogP contribution is -2.32. The second-order valence-corrected chi connectivity index (χ2v) is 9.27. The summed E-state index contributed by atoms with van der Waals surface area (Å²) in [5.74, 6) is -1.94. The van der Waals surface area contributed by atoms with Gasteiger partial charge in [0.25, 0.3) is 17.7 Å². The Kier molecular flexibility index (Phi) is 7.28. The molecule has 2 heterocycles. The number of hydrogen-bond donors (Lipinski definition) is 2. The lowest BCUT2D eigenvalue weighted by Gasteiger charge is -2.18. The number of ether oxygens (including phenoxy) is 2. The van der Waals surface area contributed by atoms with E-state index < -0.39 is 23.7 Å². The molecule has 1 aliphatic heterocycles. The van der Waals surface area contributed by atoms with Crippen molar-refractivity contribution in [3.05, 3.63) is 74.9 Å². The van der Waals surface area contributed by atoms with E-state index in [0.29, 0.717) is 27.6 Å². The maximum absolute atomic E-state index is 13.1. The zero-order valence-electron chi connectivity index (χ0n) is 20.2. The van der Waals surface area contributed by atoms with Gasteiger partial charge in [-0.3, -0.25) is 19.7 Å². The smallest absolute Gasteiger partial charge is 0.350 e. The Balaban J connectivity index is 1.49. The molecule has 4 rings (SSSR count). The number of methoxy groups -OCH3 is 2. The molecule has 0 spiro atoms. The van der Waals surface area contributed by atoms with E-state index in [1.54, 1.807) is 37.3 Å². The third kappa shape index (κ3) is 5.04. The Bertz CT molecular complexity index is 1460. The first kappa shape index (κ1) is 25.9. The molecular formula is C25H21ClN4O6S. The molecule has 2 aromatic carbocycles. The van der Waals surface area contributed by atoms with Gasteiger partial charge in [0.05, 0.1) is 25.6 Å². The van der Waals surface area contributed by atoms with Crippen molar-refractivity contribution < 1.29 is 28.7 Å².